The van der Waals surface area contributed by atoms with Crippen LogP contribution in [0, 0.1) is 0 Å². The molecule has 0 rings (SSSR count). The number of hydrogen-bond acceptors (Lipinski definition) is 8. The Hall–Kier alpha value is -3.07. The lowest BCUT2D eigenvalue weighted by molar-refractivity contribution is -0.161. The van der Waals surface area contributed by atoms with Crippen molar-refractivity contribution >= 4 is 19.8 Å². The first-order valence-electron chi connectivity index (χ1n) is 27.2. The SMILES string of the molecule is CC/C=C\C/C=C\C/C=C\C/C=C\C/C=C\C/C=C\CCCCCCCCCCCCCCC(=O)OC(COC(=O)CCCCCCC/C=C\C/C=C\CCCCCC)COP(=O)(O)OCCN. The number of phosphoric ester groups is 1. The fourth-order valence-electron chi connectivity index (χ4n) is 7.20. The highest BCUT2D eigenvalue weighted by Crippen LogP contribution is 2.43. The van der Waals surface area contributed by atoms with Gasteiger partial charge in [-0.05, 0) is 96.3 Å². The van der Waals surface area contributed by atoms with Gasteiger partial charge < -0.3 is 20.1 Å². The highest BCUT2D eigenvalue weighted by Gasteiger charge is 2.26. The molecule has 0 aliphatic heterocycles. The van der Waals surface area contributed by atoms with Crippen LogP contribution < -0.4 is 5.73 Å². The summed E-state index contributed by atoms with van der Waals surface area (Å²) >= 11 is 0. The summed E-state index contributed by atoms with van der Waals surface area (Å²) < 4.78 is 32.9. The van der Waals surface area contributed by atoms with Gasteiger partial charge in [0.1, 0.15) is 6.61 Å². The fraction of sp³-hybridized carbons (Fsp3) is 0.690. The summed E-state index contributed by atoms with van der Waals surface area (Å²) in [4.78, 5) is 35.1. The van der Waals surface area contributed by atoms with E-state index in [1.54, 1.807) is 0 Å². The molecule has 0 aromatic rings. The van der Waals surface area contributed by atoms with Gasteiger partial charge in [0.15, 0.2) is 6.10 Å². The van der Waals surface area contributed by atoms with E-state index >= 15 is 0 Å². The molecule has 0 amide bonds. The van der Waals surface area contributed by atoms with E-state index in [0.29, 0.717) is 12.8 Å². The van der Waals surface area contributed by atoms with Gasteiger partial charge in [0, 0.05) is 19.4 Å². The highest BCUT2D eigenvalue weighted by atomic mass is 31.2. The third-order valence-corrected chi connectivity index (χ3v) is 12.2. The van der Waals surface area contributed by atoms with Crippen LogP contribution in [0.3, 0.4) is 0 Å². The third kappa shape index (κ3) is 52.3. The first kappa shape index (κ1) is 64.9. The minimum absolute atomic E-state index is 0.0471. The van der Waals surface area contributed by atoms with Crippen LogP contribution in [0.15, 0.2) is 97.2 Å². The zero-order chi connectivity index (χ0) is 49.5. The van der Waals surface area contributed by atoms with Gasteiger partial charge in [0.05, 0.1) is 13.2 Å². The molecule has 68 heavy (non-hydrogen) atoms. The van der Waals surface area contributed by atoms with Crippen molar-refractivity contribution in [1.29, 1.82) is 0 Å². The summed E-state index contributed by atoms with van der Waals surface area (Å²) in [7, 11) is -4.39. The Balaban J connectivity index is 4.01. The van der Waals surface area contributed by atoms with E-state index in [1.165, 1.54) is 89.9 Å². The number of ether oxygens (including phenoxy) is 2. The molecular formula is C58H100NO8P. The minimum atomic E-state index is -4.39. The molecular weight excluding hydrogens is 870 g/mol. The van der Waals surface area contributed by atoms with E-state index < -0.39 is 32.5 Å². The highest BCUT2D eigenvalue weighted by molar-refractivity contribution is 7.47. The van der Waals surface area contributed by atoms with Crippen LogP contribution in [0.1, 0.15) is 226 Å². The molecule has 2 unspecified atom stereocenters. The Morgan fingerprint density at radius 1 is 0.456 bits per heavy atom. The van der Waals surface area contributed by atoms with Crippen LogP contribution in [-0.2, 0) is 32.7 Å². The van der Waals surface area contributed by atoms with Crippen molar-refractivity contribution in [3.63, 3.8) is 0 Å². The van der Waals surface area contributed by atoms with Crippen molar-refractivity contribution in [3.05, 3.63) is 97.2 Å². The summed E-state index contributed by atoms with van der Waals surface area (Å²) in [5.74, 6) is -0.849. The lowest BCUT2D eigenvalue weighted by atomic mass is 10.0. The number of unbranched alkanes of at least 4 members (excludes halogenated alkanes) is 21. The standard InChI is InChI=1S/C58H100NO8P/c1-3-5-7-9-11-13-15-17-19-21-22-23-24-25-26-27-28-29-30-31-32-33-34-35-37-39-41-43-45-47-49-51-58(61)67-56(55-66-68(62,63)65-53-52-59)54-64-57(60)50-48-46-44-42-40-38-36-20-18-16-14-12-10-8-6-4-2/h5,7,11,13-14,16-17,19-20,22-23,25-26,28-29,36,56H,3-4,6,8-10,12,15,18,21,24,27,30-35,37-55,59H2,1-2H3,(H,62,63)/b7-5-,13-11-,16-14-,19-17-,23-22-,26-25-,29-28-,36-20-. The molecule has 0 radical (unpaired) electrons. The number of phosphoric acid groups is 1. The van der Waals surface area contributed by atoms with E-state index in [0.717, 1.165) is 96.3 Å². The molecule has 10 heteroatoms. The molecule has 0 heterocycles. The lowest BCUT2D eigenvalue weighted by Crippen LogP contribution is -2.29. The van der Waals surface area contributed by atoms with Crippen molar-refractivity contribution in [2.45, 2.75) is 232 Å². The zero-order valence-electron chi connectivity index (χ0n) is 43.3. The molecule has 9 nitrogen and oxygen atoms in total. The average Bonchev–Trinajstić information content (AvgIpc) is 3.33. The Morgan fingerprint density at radius 3 is 1.21 bits per heavy atom. The zero-order valence-corrected chi connectivity index (χ0v) is 44.2. The van der Waals surface area contributed by atoms with Gasteiger partial charge in [-0.3, -0.25) is 18.6 Å². The van der Waals surface area contributed by atoms with Crippen molar-refractivity contribution in [3.8, 4) is 0 Å². The number of carbonyl (C=O) groups excluding carboxylic acids is 2. The van der Waals surface area contributed by atoms with Crippen LogP contribution in [0.5, 0.6) is 0 Å². The second-order valence-electron chi connectivity index (χ2n) is 17.7. The van der Waals surface area contributed by atoms with Crippen LogP contribution in [0.25, 0.3) is 0 Å². The fourth-order valence-corrected chi connectivity index (χ4v) is 7.96. The molecule has 0 aliphatic rings. The maximum atomic E-state index is 12.7. The van der Waals surface area contributed by atoms with E-state index in [9.17, 15) is 19.0 Å². The molecule has 0 aromatic carbocycles. The quantitative estimate of drug-likeness (QED) is 0.0264. The number of carbonyl (C=O) groups is 2. The molecule has 0 spiro atoms. The van der Waals surface area contributed by atoms with E-state index in [-0.39, 0.29) is 32.6 Å². The molecule has 0 fully saturated rings. The maximum Gasteiger partial charge on any atom is 0.472 e. The van der Waals surface area contributed by atoms with Gasteiger partial charge in [-0.2, -0.15) is 0 Å². The molecule has 0 aromatic heterocycles. The molecule has 0 saturated carbocycles. The second kappa shape index (κ2) is 53.3. The monoisotopic (exact) mass is 970 g/mol. The number of nitrogens with two attached hydrogens (primary N) is 1. The van der Waals surface area contributed by atoms with Gasteiger partial charge >= 0.3 is 19.8 Å². The third-order valence-electron chi connectivity index (χ3n) is 11.2. The van der Waals surface area contributed by atoms with E-state index in [2.05, 4.69) is 111 Å². The summed E-state index contributed by atoms with van der Waals surface area (Å²) in [6.45, 7) is 3.59. The minimum Gasteiger partial charge on any atom is -0.462 e. The van der Waals surface area contributed by atoms with Crippen molar-refractivity contribution in [2.75, 3.05) is 26.4 Å². The topological polar surface area (TPSA) is 134 Å². The Bertz CT molecular complexity index is 1430. The van der Waals surface area contributed by atoms with Gasteiger partial charge in [-0.1, -0.05) is 214 Å². The van der Waals surface area contributed by atoms with Crippen molar-refractivity contribution in [2.24, 2.45) is 5.73 Å². The Kier molecular flexibility index (Phi) is 50.9. The van der Waals surface area contributed by atoms with Gasteiger partial charge in [0.2, 0.25) is 0 Å². The van der Waals surface area contributed by atoms with Gasteiger partial charge in [0.25, 0.3) is 0 Å². The van der Waals surface area contributed by atoms with Crippen molar-refractivity contribution < 1.29 is 37.6 Å². The number of esters is 2. The van der Waals surface area contributed by atoms with Crippen LogP contribution in [0.2, 0.25) is 0 Å². The van der Waals surface area contributed by atoms with Crippen molar-refractivity contribution in [1.82, 2.24) is 0 Å². The summed E-state index contributed by atoms with van der Waals surface area (Å²) in [6, 6.07) is 0. The van der Waals surface area contributed by atoms with Gasteiger partial charge in [-0.15, -0.1) is 0 Å². The predicted molar refractivity (Wildman–Crippen MR) is 288 cm³/mol. The lowest BCUT2D eigenvalue weighted by Gasteiger charge is -2.19. The molecule has 390 valence electrons. The second-order valence-corrected chi connectivity index (χ2v) is 19.2. The Labute approximate surface area is 416 Å². The molecule has 0 bridgehead atoms. The first-order chi connectivity index (χ1) is 33.3. The molecule has 0 aliphatic carbocycles. The molecule has 2 atom stereocenters. The first-order valence-corrected chi connectivity index (χ1v) is 28.7. The molecule has 0 saturated heterocycles. The summed E-state index contributed by atoms with van der Waals surface area (Å²) in [6.07, 6.45) is 70.2. The predicted octanol–water partition coefficient (Wildman–Crippen LogP) is 16.9. The number of rotatable bonds is 50. The molecule has 3 N–H and O–H groups in total. The van der Waals surface area contributed by atoms with E-state index in [4.69, 9.17) is 24.3 Å². The van der Waals surface area contributed by atoms with Crippen LogP contribution >= 0.6 is 7.82 Å². The van der Waals surface area contributed by atoms with Gasteiger partial charge in [-0.25, -0.2) is 4.57 Å². The number of hydrogen-bond donors (Lipinski definition) is 2. The smallest absolute Gasteiger partial charge is 0.462 e. The maximum absolute atomic E-state index is 12.7. The van der Waals surface area contributed by atoms with Crippen LogP contribution in [0.4, 0.5) is 0 Å². The number of allylic oxidation sites excluding steroid dienone is 16. The normalized spacial score (nSPS) is 13.9. The van der Waals surface area contributed by atoms with Crippen LogP contribution in [-0.4, -0.2) is 49.3 Å². The largest absolute Gasteiger partial charge is 0.472 e. The summed E-state index contributed by atoms with van der Waals surface area (Å²) in [5, 5.41) is 0. The summed E-state index contributed by atoms with van der Waals surface area (Å²) in [5.41, 5.74) is 5.37. The Morgan fingerprint density at radius 2 is 0.809 bits per heavy atom. The average molecular weight is 970 g/mol. The van der Waals surface area contributed by atoms with E-state index in [1.807, 2.05) is 0 Å².